The fourth-order valence-corrected chi connectivity index (χ4v) is 4.40. The normalized spacial score (nSPS) is 15.1. The Kier molecular flexibility index (Phi) is 6.45. The lowest BCUT2D eigenvalue weighted by molar-refractivity contribution is -0.387. The molecule has 1 amide bonds. The molecule has 29 heavy (non-hydrogen) atoms. The fraction of sp³-hybridized carbons (Fsp3) is 0.316. The maximum Gasteiger partial charge on any atom is 0.415 e. The molecule has 1 saturated heterocycles. The minimum atomic E-state index is -4.00. The van der Waals surface area contributed by atoms with E-state index in [9.17, 15) is 23.3 Å². The van der Waals surface area contributed by atoms with E-state index in [1.54, 1.807) is 29.2 Å². The standard InChI is InChI=1S/C19H21N3O6S/c23-19(28-16-6-2-1-3-7-16)21-12-10-15(11-13-21)14-20-29(26,27)18-9-5-4-8-17(18)22(24)25/h1-9,15,20H,10-14H2. The van der Waals surface area contributed by atoms with Crippen LogP contribution in [0.2, 0.25) is 0 Å². The molecule has 1 aliphatic heterocycles. The number of hydrogen-bond donors (Lipinski definition) is 1. The number of hydrogen-bond acceptors (Lipinski definition) is 6. The first kappa shape index (κ1) is 20.7. The van der Waals surface area contributed by atoms with Crippen LogP contribution in [0.3, 0.4) is 0 Å². The van der Waals surface area contributed by atoms with Crippen LogP contribution in [-0.2, 0) is 10.0 Å². The van der Waals surface area contributed by atoms with Crippen molar-refractivity contribution in [1.82, 2.24) is 9.62 Å². The lowest BCUT2D eigenvalue weighted by Gasteiger charge is -2.31. The number of para-hydroxylation sites is 2. The number of rotatable bonds is 6. The molecule has 1 fully saturated rings. The SMILES string of the molecule is O=C(Oc1ccccc1)N1CCC(CNS(=O)(=O)c2ccccc2[N+](=O)[O-])CC1. The van der Waals surface area contributed by atoms with Gasteiger partial charge in [0.25, 0.3) is 5.69 Å². The molecule has 1 N–H and O–H groups in total. The molecule has 0 radical (unpaired) electrons. The predicted octanol–water partition coefficient (Wildman–Crippen LogP) is 2.78. The quantitative estimate of drug-likeness (QED) is 0.568. The van der Waals surface area contributed by atoms with Gasteiger partial charge in [0.05, 0.1) is 4.92 Å². The first-order valence-corrected chi connectivity index (χ1v) is 10.6. The summed E-state index contributed by atoms with van der Waals surface area (Å²) in [5.41, 5.74) is -0.460. The largest absolute Gasteiger partial charge is 0.415 e. The minimum Gasteiger partial charge on any atom is -0.410 e. The van der Waals surface area contributed by atoms with Crippen LogP contribution in [0.25, 0.3) is 0 Å². The summed E-state index contributed by atoms with van der Waals surface area (Å²) < 4.78 is 32.7. The van der Waals surface area contributed by atoms with Gasteiger partial charge in [-0.25, -0.2) is 17.9 Å². The maximum atomic E-state index is 12.5. The number of carbonyl (C=O) groups excluding carboxylic acids is 1. The van der Waals surface area contributed by atoms with Gasteiger partial charge in [0.2, 0.25) is 10.0 Å². The third-order valence-electron chi connectivity index (χ3n) is 4.73. The van der Waals surface area contributed by atoms with Gasteiger partial charge >= 0.3 is 6.09 Å². The summed E-state index contributed by atoms with van der Waals surface area (Å²) in [5, 5.41) is 11.1. The van der Waals surface area contributed by atoms with Crippen LogP contribution in [0.1, 0.15) is 12.8 Å². The lowest BCUT2D eigenvalue weighted by Crippen LogP contribution is -2.42. The smallest absolute Gasteiger partial charge is 0.410 e. The van der Waals surface area contributed by atoms with Crippen LogP contribution in [-0.4, -0.2) is 44.0 Å². The minimum absolute atomic E-state index is 0.0216. The number of nitrogens with zero attached hydrogens (tertiary/aromatic N) is 2. The van der Waals surface area contributed by atoms with Crippen molar-refractivity contribution in [2.45, 2.75) is 17.7 Å². The third-order valence-corrected chi connectivity index (χ3v) is 6.21. The van der Waals surface area contributed by atoms with Crippen LogP contribution in [0.5, 0.6) is 5.75 Å². The van der Waals surface area contributed by atoms with Crippen LogP contribution >= 0.6 is 0 Å². The van der Waals surface area contributed by atoms with Gasteiger partial charge in [-0.3, -0.25) is 10.1 Å². The summed E-state index contributed by atoms with van der Waals surface area (Å²) in [7, 11) is -4.00. The van der Waals surface area contributed by atoms with Crippen molar-refractivity contribution in [2.24, 2.45) is 5.92 Å². The van der Waals surface area contributed by atoms with E-state index in [1.165, 1.54) is 18.2 Å². The van der Waals surface area contributed by atoms with Gasteiger partial charge in [0.1, 0.15) is 5.75 Å². The van der Waals surface area contributed by atoms with Crippen molar-refractivity contribution in [1.29, 1.82) is 0 Å². The zero-order valence-electron chi connectivity index (χ0n) is 15.6. The van der Waals surface area contributed by atoms with Crippen LogP contribution in [0.15, 0.2) is 59.5 Å². The molecule has 2 aromatic rings. The highest BCUT2D eigenvalue weighted by Gasteiger charge is 2.28. The molecule has 10 heteroatoms. The first-order valence-electron chi connectivity index (χ1n) is 9.12. The van der Waals surface area contributed by atoms with E-state index >= 15 is 0 Å². The second kappa shape index (κ2) is 9.01. The van der Waals surface area contributed by atoms with Crippen molar-refractivity contribution in [3.63, 3.8) is 0 Å². The van der Waals surface area contributed by atoms with Crippen molar-refractivity contribution in [3.05, 3.63) is 64.7 Å². The molecule has 0 bridgehead atoms. The lowest BCUT2D eigenvalue weighted by atomic mass is 9.97. The predicted molar refractivity (Wildman–Crippen MR) is 105 cm³/mol. The second-order valence-electron chi connectivity index (χ2n) is 6.69. The average molecular weight is 419 g/mol. The van der Waals surface area contributed by atoms with Gasteiger partial charge in [-0.15, -0.1) is 0 Å². The highest BCUT2D eigenvalue weighted by atomic mass is 32.2. The van der Waals surface area contributed by atoms with Gasteiger partial charge in [0.15, 0.2) is 4.90 Å². The van der Waals surface area contributed by atoms with E-state index in [0.29, 0.717) is 31.7 Å². The van der Waals surface area contributed by atoms with Gasteiger partial charge < -0.3 is 9.64 Å². The first-order chi connectivity index (χ1) is 13.9. The number of amides is 1. The number of likely N-dealkylation sites (tertiary alicyclic amines) is 1. The number of sulfonamides is 1. The maximum absolute atomic E-state index is 12.5. The van der Waals surface area contributed by atoms with E-state index in [-0.39, 0.29) is 17.4 Å². The monoisotopic (exact) mass is 419 g/mol. The average Bonchev–Trinajstić information content (AvgIpc) is 2.73. The summed E-state index contributed by atoms with van der Waals surface area (Å²) in [5.74, 6) is 0.491. The summed E-state index contributed by atoms with van der Waals surface area (Å²) in [4.78, 5) is 23.8. The molecule has 1 aliphatic rings. The summed E-state index contributed by atoms with van der Waals surface area (Å²) >= 11 is 0. The van der Waals surface area contributed by atoms with E-state index in [1.807, 2.05) is 6.07 Å². The molecule has 1 heterocycles. The molecule has 0 spiro atoms. The van der Waals surface area contributed by atoms with Crippen LogP contribution < -0.4 is 9.46 Å². The summed E-state index contributed by atoms with van der Waals surface area (Å²) in [6, 6.07) is 14.0. The molecule has 0 atom stereocenters. The number of piperidine rings is 1. The van der Waals surface area contributed by atoms with Gasteiger partial charge in [-0.2, -0.15) is 0 Å². The molecule has 0 unspecified atom stereocenters. The van der Waals surface area contributed by atoms with Crippen molar-refractivity contribution < 1.29 is 22.9 Å². The van der Waals surface area contributed by atoms with Crippen LogP contribution in [0, 0.1) is 16.0 Å². The zero-order chi connectivity index (χ0) is 20.9. The topological polar surface area (TPSA) is 119 Å². The number of carbonyl (C=O) groups is 1. The molecule has 0 aliphatic carbocycles. The van der Waals surface area contributed by atoms with Gasteiger partial charge in [-0.1, -0.05) is 30.3 Å². The summed E-state index contributed by atoms with van der Waals surface area (Å²) in [6.45, 7) is 1.04. The molecule has 154 valence electrons. The Hall–Kier alpha value is -2.98. The Balaban J connectivity index is 1.52. The molecule has 0 saturated carbocycles. The zero-order valence-corrected chi connectivity index (χ0v) is 16.4. The van der Waals surface area contributed by atoms with E-state index in [4.69, 9.17) is 4.74 Å². The molecule has 9 nitrogen and oxygen atoms in total. The number of nitro groups is 1. The molecule has 0 aromatic heterocycles. The highest BCUT2D eigenvalue weighted by molar-refractivity contribution is 7.89. The van der Waals surface area contributed by atoms with E-state index < -0.39 is 26.7 Å². The highest BCUT2D eigenvalue weighted by Crippen LogP contribution is 2.24. The van der Waals surface area contributed by atoms with E-state index in [2.05, 4.69) is 4.72 Å². The van der Waals surface area contributed by atoms with Crippen LogP contribution in [0.4, 0.5) is 10.5 Å². The van der Waals surface area contributed by atoms with Crippen molar-refractivity contribution in [3.8, 4) is 5.75 Å². The van der Waals surface area contributed by atoms with E-state index in [0.717, 1.165) is 6.07 Å². The Morgan fingerprint density at radius 1 is 1.10 bits per heavy atom. The third kappa shape index (κ3) is 5.30. The van der Waals surface area contributed by atoms with Crippen molar-refractivity contribution >= 4 is 21.8 Å². The number of nitro benzene ring substituents is 1. The summed E-state index contributed by atoms with van der Waals surface area (Å²) in [6.07, 6.45) is 0.766. The van der Waals surface area contributed by atoms with Gasteiger partial charge in [-0.05, 0) is 37.0 Å². The Bertz CT molecular complexity index is 972. The Labute approximate surface area is 168 Å². The Morgan fingerprint density at radius 2 is 1.72 bits per heavy atom. The van der Waals surface area contributed by atoms with Gasteiger partial charge in [0, 0.05) is 25.7 Å². The fourth-order valence-electron chi connectivity index (χ4n) is 3.11. The second-order valence-corrected chi connectivity index (χ2v) is 8.42. The molecular formula is C19H21N3O6S. The number of ether oxygens (including phenoxy) is 1. The number of benzene rings is 2. The Morgan fingerprint density at radius 3 is 2.38 bits per heavy atom. The number of nitrogens with one attached hydrogen (secondary N) is 1. The van der Waals surface area contributed by atoms with Crippen molar-refractivity contribution in [2.75, 3.05) is 19.6 Å². The molecule has 2 aromatic carbocycles. The molecular weight excluding hydrogens is 398 g/mol. The molecule has 3 rings (SSSR count).